The first kappa shape index (κ1) is 18.9. The highest BCUT2D eigenvalue weighted by molar-refractivity contribution is 9.12. The van der Waals surface area contributed by atoms with Crippen LogP contribution in [0.15, 0.2) is 24.3 Å². The highest BCUT2D eigenvalue weighted by Crippen LogP contribution is 2.60. The minimum absolute atomic E-state index is 0.135. The van der Waals surface area contributed by atoms with Crippen molar-refractivity contribution in [3.63, 3.8) is 0 Å². The van der Waals surface area contributed by atoms with E-state index in [0.29, 0.717) is 11.4 Å². The van der Waals surface area contributed by atoms with Gasteiger partial charge in [0.05, 0.1) is 24.6 Å². The Bertz CT molecular complexity index is 785. The fourth-order valence-electron chi connectivity index (χ4n) is 4.86. The van der Waals surface area contributed by atoms with E-state index in [2.05, 4.69) is 37.2 Å². The molecular formula is C19H20Br2N2O4. The van der Waals surface area contributed by atoms with Gasteiger partial charge in [-0.05, 0) is 37.3 Å². The van der Waals surface area contributed by atoms with Crippen molar-refractivity contribution in [2.24, 2.45) is 23.7 Å². The summed E-state index contributed by atoms with van der Waals surface area (Å²) in [5.41, 5.74) is 0.511. The predicted octanol–water partition coefficient (Wildman–Crippen LogP) is 2.80. The second kappa shape index (κ2) is 6.88. The lowest BCUT2D eigenvalue weighted by Gasteiger charge is -2.28. The average molecular weight is 500 g/mol. The standard InChI is InChI=1S/C19H20Br2N2O4/c1-8(17(24)22-11-5-3-4-6-12(11)27-2)23-18(25)13-9-7-10(14(13)19(23)26)16(21)15(9)20/h3-6,8-10,13-16H,7H2,1-2H3,(H,22,24)/t8-,9+,10+,13-,14+,15-,16+/m0/s1. The number of para-hydroxylation sites is 2. The maximum atomic E-state index is 13.0. The number of rotatable bonds is 4. The van der Waals surface area contributed by atoms with Crippen LogP contribution in [0.3, 0.4) is 0 Å². The van der Waals surface area contributed by atoms with E-state index in [9.17, 15) is 14.4 Å². The number of nitrogens with one attached hydrogen (secondary N) is 1. The van der Waals surface area contributed by atoms with Crippen molar-refractivity contribution in [1.29, 1.82) is 0 Å². The van der Waals surface area contributed by atoms with Crippen LogP contribution in [0, 0.1) is 23.7 Å². The van der Waals surface area contributed by atoms with Crippen molar-refractivity contribution < 1.29 is 19.1 Å². The molecule has 2 saturated carbocycles. The van der Waals surface area contributed by atoms with Crippen molar-refractivity contribution in [1.82, 2.24) is 4.90 Å². The summed E-state index contributed by atoms with van der Waals surface area (Å²) >= 11 is 7.34. The Morgan fingerprint density at radius 2 is 1.70 bits per heavy atom. The third-order valence-corrected chi connectivity index (χ3v) is 9.36. The number of halogens is 2. The topological polar surface area (TPSA) is 75.7 Å². The second-order valence-electron chi connectivity index (χ2n) is 7.42. The lowest BCUT2D eigenvalue weighted by atomic mass is 9.81. The molecule has 1 aliphatic heterocycles. The molecule has 0 unspecified atom stereocenters. The molecule has 3 fully saturated rings. The number of alkyl halides is 2. The molecule has 0 spiro atoms. The highest BCUT2D eigenvalue weighted by Gasteiger charge is 2.67. The zero-order valence-corrected chi connectivity index (χ0v) is 18.1. The maximum absolute atomic E-state index is 13.0. The lowest BCUT2D eigenvalue weighted by Crippen LogP contribution is -2.46. The fraction of sp³-hybridized carbons (Fsp3) is 0.526. The summed E-state index contributed by atoms with van der Waals surface area (Å²) in [5, 5.41) is 2.77. The van der Waals surface area contributed by atoms with E-state index in [1.807, 2.05) is 0 Å². The van der Waals surface area contributed by atoms with Crippen molar-refractivity contribution in [2.45, 2.75) is 29.0 Å². The zero-order chi connectivity index (χ0) is 19.5. The number of amides is 3. The number of imide groups is 1. The summed E-state index contributed by atoms with van der Waals surface area (Å²) in [6.45, 7) is 1.60. The molecule has 27 heavy (non-hydrogen) atoms. The van der Waals surface area contributed by atoms with E-state index in [0.717, 1.165) is 6.42 Å². The van der Waals surface area contributed by atoms with E-state index < -0.39 is 11.9 Å². The van der Waals surface area contributed by atoms with Gasteiger partial charge in [0, 0.05) is 9.65 Å². The van der Waals surface area contributed by atoms with Crippen LogP contribution < -0.4 is 10.1 Å². The van der Waals surface area contributed by atoms with Gasteiger partial charge < -0.3 is 10.1 Å². The SMILES string of the molecule is COc1ccccc1NC(=O)[C@H](C)N1C(=O)[C@@H]2[C@H]3C[C@@H]([C@H](Br)[C@@H]3Br)[C@@H]2C1=O. The lowest BCUT2D eigenvalue weighted by molar-refractivity contribution is -0.146. The number of hydrogen-bond acceptors (Lipinski definition) is 4. The second-order valence-corrected chi connectivity index (χ2v) is 9.53. The van der Waals surface area contributed by atoms with Crippen molar-refractivity contribution in [2.75, 3.05) is 12.4 Å². The Labute approximate surface area is 174 Å². The van der Waals surface area contributed by atoms with Crippen LogP contribution in [0.5, 0.6) is 5.75 Å². The highest BCUT2D eigenvalue weighted by atomic mass is 79.9. The van der Waals surface area contributed by atoms with E-state index in [-0.39, 0.29) is 45.1 Å². The normalized spacial score (nSPS) is 35.3. The molecule has 2 aliphatic carbocycles. The largest absolute Gasteiger partial charge is 0.495 e. The summed E-state index contributed by atoms with van der Waals surface area (Å²) in [4.78, 5) is 40.3. The average Bonchev–Trinajstić information content (AvgIpc) is 3.26. The van der Waals surface area contributed by atoms with Gasteiger partial charge in [0.25, 0.3) is 0 Å². The van der Waals surface area contributed by atoms with Gasteiger partial charge in [-0.25, -0.2) is 0 Å². The number of carbonyl (C=O) groups is 3. The van der Waals surface area contributed by atoms with Gasteiger partial charge in [-0.3, -0.25) is 19.3 Å². The molecule has 1 N–H and O–H groups in total. The summed E-state index contributed by atoms with van der Waals surface area (Å²) in [5.74, 6) is -0.682. The van der Waals surface area contributed by atoms with Crippen LogP contribution in [0.2, 0.25) is 0 Å². The van der Waals surface area contributed by atoms with E-state index in [4.69, 9.17) is 4.74 Å². The summed E-state index contributed by atoms with van der Waals surface area (Å²) in [6, 6.07) is 6.17. The van der Waals surface area contributed by atoms with Gasteiger partial charge in [-0.15, -0.1) is 0 Å². The van der Waals surface area contributed by atoms with Crippen LogP contribution in [-0.2, 0) is 14.4 Å². The van der Waals surface area contributed by atoms with E-state index in [1.54, 1.807) is 31.2 Å². The van der Waals surface area contributed by atoms with Gasteiger partial charge in [0.1, 0.15) is 11.8 Å². The number of anilines is 1. The number of likely N-dealkylation sites (tertiary alicyclic amines) is 1. The molecule has 7 atom stereocenters. The fourth-order valence-corrected chi connectivity index (χ4v) is 6.73. The van der Waals surface area contributed by atoms with Crippen LogP contribution in [0.4, 0.5) is 5.69 Å². The Morgan fingerprint density at radius 3 is 2.26 bits per heavy atom. The number of nitrogens with zero attached hydrogens (tertiary/aromatic N) is 1. The van der Waals surface area contributed by atoms with Gasteiger partial charge in [0.15, 0.2) is 0 Å². The number of hydrogen-bond donors (Lipinski definition) is 1. The molecule has 1 heterocycles. The molecule has 8 heteroatoms. The third kappa shape index (κ3) is 2.75. The number of ether oxygens (including phenoxy) is 1. The molecule has 1 saturated heterocycles. The first-order chi connectivity index (χ1) is 12.9. The van der Waals surface area contributed by atoms with Crippen molar-refractivity contribution in [3.8, 4) is 5.75 Å². The molecular weight excluding hydrogens is 480 g/mol. The van der Waals surface area contributed by atoms with Gasteiger partial charge >= 0.3 is 0 Å². The summed E-state index contributed by atoms with van der Waals surface area (Å²) in [7, 11) is 1.52. The minimum Gasteiger partial charge on any atom is -0.495 e. The maximum Gasteiger partial charge on any atom is 0.247 e. The smallest absolute Gasteiger partial charge is 0.247 e. The van der Waals surface area contributed by atoms with Crippen LogP contribution >= 0.6 is 31.9 Å². The number of benzene rings is 1. The first-order valence-corrected chi connectivity index (χ1v) is 10.8. The van der Waals surface area contributed by atoms with Gasteiger partial charge in [-0.2, -0.15) is 0 Å². The number of carbonyl (C=O) groups excluding carboxylic acids is 3. The van der Waals surface area contributed by atoms with E-state index in [1.165, 1.54) is 12.0 Å². The molecule has 1 aromatic rings. The molecule has 0 radical (unpaired) electrons. The minimum atomic E-state index is -0.873. The van der Waals surface area contributed by atoms with Crippen LogP contribution in [0.25, 0.3) is 0 Å². The predicted molar refractivity (Wildman–Crippen MR) is 107 cm³/mol. The molecule has 144 valence electrons. The third-order valence-electron chi connectivity index (χ3n) is 6.15. The van der Waals surface area contributed by atoms with Crippen molar-refractivity contribution in [3.05, 3.63) is 24.3 Å². The Morgan fingerprint density at radius 1 is 1.15 bits per heavy atom. The summed E-state index contributed by atoms with van der Waals surface area (Å²) < 4.78 is 5.24. The molecule has 1 aromatic carbocycles. The quantitative estimate of drug-likeness (QED) is 0.510. The van der Waals surface area contributed by atoms with Crippen LogP contribution in [0.1, 0.15) is 13.3 Å². The number of fused-ring (bicyclic) bond motifs is 5. The van der Waals surface area contributed by atoms with Gasteiger partial charge in [0.2, 0.25) is 17.7 Å². The zero-order valence-electron chi connectivity index (χ0n) is 14.9. The summed E-state index contributed by atoms with van der Waals surface area (Å²) in [6.07, 6.45) is 0.869. The van der Waals surface area contributed by atoms with Crippen molar-refractivity contribution >= 4 is 55.3 Å². The molecule has 6 nitrogen and oxygen atoms in total. The molecule has 4 rings (SSSR count). The van der Waals surface area contributed by atoms with E-state index >= 15 is 0 Å². The molecule has 0 aromatic heterocycles. The molecule has 2 bridgehead atoms. The first-order valence-electron chi connectivity index (χ1n) is 8.95. The molecule has 3 aliphatic rings. The van der Waals surface area contributed by atoms with Crippen LogP contribution in [-0.4, -0.2) is 45.4 Å². The Balaban J connectivity index is 1.54. The Kier molecular flexibility index (Phi) is 4.83. The molecule has 3 amide bonds. The number of methoxy groups -OCH3 is 1. The monoisotopic (exact) mass is 498 g/mol. The Hall–Kier alpha value is -1.41. The van der Waals surface area contributed by atoms with Gasteiger partial charge in [-0.1, -0.05) is 44.0 Å².